The van der Waals surface area contributed by atoms with Crippen molar-refractivity contribution in [2.45, 2.75) is 20.1 Å². The third-order valence-corrected chi connectivity index (χ3v) is 3.40. The van der Waals surface area contributed by atoms with Crippen LogP contribution in [0.1, 0.15) is 17.4 Å². The van der Waals surface area contributed by atoms with E-state index in [1.54, 1.807) is 17.4 Å². The van der Waals surface area contributed by atoms with Crippen LogP contribution in [0, 0.1) is 5.82 Å². The molecule has 2 nitrogen and oxygen atoms in total. The molecule has 1 aromatic carbocycles. The molecule has 0 unspecified atom stereocenters. The number of para-hydroxylation sites is 1. The number of rotatable bonds is 6. The van der Waals surface area contributed by atoms with Gasteiger partial charge in [-0.15, -0.1) is 11.3 Å². The lowest BCUT2D eigenvalue weighted by Gasteiger charge is -2.12. The number of nitrogens with one attached hydrogen (secondary N) is 1. The first-order valence-corrected chi connectivity index (χ1v) is 6.82. The molecule has 0 aliphatic heterocycles. The van der Waals surface area contributed by atoms with Crippen molar-refractivity contribution in [3.8, 4) is 5.75 Å². The third-order valence-electron chi connectivity index (χ3n) is 2.55. The van der Waals surface area contributed by atoms with Crippen LogP contribution in [0.15, 0.2) is 35.7 Å². The molecule has 4 heteroatoms. The molecule has 0 bridgehead atoms. The van der Waals surface area contributed by atoms with Gasteiger partial charge in [0, 0.05) is 17.0 Å². The van der Waals surface area contributed by atoms with Gasteiger partial charge in [0.25, 0.3) is 0 Å². The number of hydrogen-bond acceptors (Lipinski definition) is 3. The molecule has 0 spiro atoms. The zero-order chi connectivity index (χ0) is 12.8. The minimum atomic E-state index is -0.304. The molecule has 1 N–H and O–H groups in total. The Kier molecular flexibility index (Phi) is 4.73. The summed E-state index contributed by atoms with van der Waals surface area (Å²) in [4.78, 5) is 1.09. The molecular weight excluding hydrogens is 249 g/mol. The van der Waals surface area contributed by atoms with Crippen LogP contribution in [0.5, 0.6) is 5.75 Å². The second-order valence-electron chi connectivity index (χ2n) is 3.88. The highest BCUT2D eigenvalue weighted by Crippen LogP contribution is 2.24. The van der Waals surface area contributed by atoms with Crippen LogP contribution in [0.25, 0.3) is 0 Å². The molecule has 0 aliphatic carbocycles. The van der Waals surface area contributed by atoms with Crippen molar-refractivity contribution in [3.63, 3.8) is 0 Å². The summed E-state index contributed by atoms with van der Waals surface area (Å²) >= 11 is 1.61. The smallest absolute Gasteiger partial charge is 0.165 e. The number of halogens is 1. The highest BCUT2D eigenvalue weighted by molar-refractivity contribution is 7.09. The van der Waals surface area contributed by atoms with Crippen LogP contribution in [0.3, 0.4) is 0 Å². The van der Waals surface area contributed by atoms with Gasteiger partial charge in [-0.25, -0.2) is 4.39 Å². The maximum Gasteiger partial charge on any atom is 0.165 e. The first-order chi connectivity index (χ1) is 8.81. The lowest BCUT2D eigenvalue weighted by molar-refractivity contribution is 0.289. The molecule has 0 amide bonds. The molecule has 18 heavy (non-hydrogen) atoms. The Hall–Kier alpha value is -1.39. The van der Waals surface area contributed by atoms with Crippen molar-refractivity contribution < 1.29 is 9.13 Å². The molecule has 0 radical (unpaired) electrons. The van der Waals surface area contributed by atoms with Gasteiger partial charge in [0.05, 0.1) is 0 Å². The van der Waals surface area contributed by atoms with E-state index in [1.807, 2.05) is 30.5 Å². The van der Waals surface area contributed by atoms with Gasteiger partial charge in [-0.2, -0.15) is 0 Å². The van der Waals surface area contributed by atoms with Gasteiger partial charge in [0.15, 0.2) is 11.6 Å². The number of hydrogen-bond donors (Lipinski definition) is 1. The second kappa shape index (κ2) is 6.52. The van der Waals surface area contributed by atoms with Crippen molar-refractivity contribution in [2.75, 3.05) is 6.54 Å². The molecule has 0 atom stereocenters. The average Bonchev–Trinajstić information content (AvgIpc) is 2.88. The van der Waals surface area contributed by atoms with E-state index < -0.39 is 0 Å². The Labute approximate surface area is 110 Å². The summed E-state index contributed by atoms with van der Waals surface area (Å²) in [5.74, 6) is 0.0498. The Morgan fingerprint density at radius 1 is 1.28 bits per heavy atom. The standard InChI is InChI=1S/C14H16FNOS/c1-2-16-9-11-5-3-7-13(15)14(11)17-10-12-6-4-8-18-12/h3-8,16H,2,9-10H2,1H3. The maximum atomic E-state index is 13.8. The van der Waals surface area contributed by atoms with E-state index in [-0.39, 0.29) is 5.82 Å². The van der Waals surface area contributed by atoms with E-state index in [1.165, 1.54) is 6.07 Å². The van der Waals surface area contributed by atoms with Crippen molar-refractivity contribution in [1.29, 1.82) is 0 Å². The maximum absolute atomic E-state index is 13.8. The normalized spacial score (nSPS) is 10.6. The van der Waals surface area contributed by atoms with Crippen molar-refractivity contribution in [1.82, 2.24) is 5.32 Å². The van der Waals surface area contributed by atoms with E-state index in [0.717, 1.165) is 17.0 Å². The monoisotopic (exact) mass is 265 g/mol. The van der Waals surface area contributed by atoms with Crippen molar-refractivity contribution >= 4 is 11.3 Å². The lowest BCUT2D eigenvalue weighted by Crippen LogP contribution is -2.13. The van der Waals surface area contributed by atoms with E-state index in [9.17, 15) is 4.39 Å². The minimum Gasteiger partial charge on any atom is -0.485 e. The zero-order valence-corrected chi connectivity index (χ0v) is 11.1. The predicted molar refractivity (Wildman–Crippen MR) is 72.4 cm³/mol. The largest absolute Gasteiger partial charge is 0.485 e. The van der Waals surface area contributed by atoms with Crippen LogP contribution >= 0.6 is 11.3 Å². The minimum absolute atomic E-state index is 0.304. The third kappa shape index (κ3) is 3.31. The van der Waals surface area contributed by atoms with Gasteiger partial charge in [-0.3, -0.25) is 0 Å². The molecule has 2 aromatic rings. The van der Waals surface area contributed by atoms with Crippen LogP contribution in [-0.4, -0.2) is 6.54 Å². The first kappa shape index (κ1) is 13.1. The average molecular weight is 265 g/mol. The summed E-state index contributed by atoms with van der Waals surface area (Å²) in [6.45, 7) is 3.90. The Morgan fingerprint density at radius 2 is 2.17 bits per heavy atom. The molecule has 0 fully saturated rings. The number of thiophene rings is 1. The van der Waals surface area contributed by atoms with Crippen LogP contribution in [-0.2, 0) is 13.2 Å². The molecule has 1 aromatic heterocycles. The summed E-state index contributed by atoms with van der Waals surface area (Å²) in [6.07, 6.45) is 0. The zero-order valence-electron chi connectivity index (χ0n) is 10.3. The summed E-state index contributed by atoms with van der Waals surface area (Å²) < 4.78 is 19.4. The summed E-state index contributed by atoms with van der Waals surface area (Å²) in [5, 5.41) is 5.17. The van der Waals surface area contributed by atoms with Crippen molar-refractivity contribution in [2.24, 2.45) is 0 Å². The Morgan fingerprint density at radius 3 is 2.89 bits per heavy atom. The topological polar surface area (TPSA) is 21.3 Å². The van der Waals surface area contributed by atoms with Gasteiger partial charge in [-0.05, 0) is 24.1 Å². The second-order valence-corrected chi connectivity index (χ2v) is 4.91. The Balaban J connectivity index is 2.09. The van der Waals surface area contributed by atoms with Gasteiger partial charge < -0.3 is 10.1 Å². The molecule has 0 saturated heterocycles. The first-order valence-electron chi connectivity index (χ1n) is 5.94. The van der Waals surface area contributed by atoms with Gasteiger partial charge in [0.1, 0.15) is 6.61 Å². The number of ether oxygens (including phenoxy) is 1. The fraction of sp³-hybridized carbons (Fsp3) is 0.286. The van der Waals surface area contributed by atoms with Crippen LogP contribution < -0.4 is 10.1 Å². The molecular formula is C14H16FNOS. The van der Waals surface area contributed by atoms with E-state index in [0.29, 0.717) is 18.9 Å². The summed E-state index contributed by atoms with van der Waals surface area (Å²) in [7, 11) is 0. The fourth-order valence-electron chi connectivity index (χ4n) is 1.65. The number of benzene rings is 1. The predicted octanol–water partition coefficient (Wildman–Crippen LogP) is 3.58. The van der Waals surface area contributed by atoms with Crippen molar-refractivity contribution in [3.05, 3.63) is 52.0 Å². The molecule has 1 heterocycles. The van der Waals surface area contributed by atoms with Gasteiger partial charge >= 0.3 is 0 Å². The van der Waals surface area contributed by atoms with Crippen LogP contribution in [0.4, 0.5) is 4.39 Å². The quantitative estimate of drug-likeness (QED) is 0.862. The SMILES string of the molecule is CCNCc1cccc(F)c1OCc1cccs1. The van der Waals surface area contributed by atoms with Gasteiger partial charge in [0.2, 0.25) is 0 Å². The molecule has 96 valence electrons. The molecule has 0 saturated carbocycles. The van der Waals surface area contributed by atoms with Gasteiger partial charge in [-0.1, -0.05) is 25.1 Å². The molecule has 2 rings (SSSR count). The fourth-order valence-corrected chi connectivity index (χ4v) is 2.27. The summed E-state index contributed by atoms with van der Waals surface area (Å²) in [5.41, 5.74) is 0.855. The van der Waals surface area contributed by atoms with Crippen LogP contribution in [0.2, 0.25) is 0 Å². The highest BCUT2D eigenvalue weighted by atomic mass is 32.1. The summed E-state index contributed by atoms with van der Waals surface area (Å²) in [6, 6.07) is 8.97. The van der Waals surface area contributed by atoms with E-state index >= 15 is 0 Å². The Bertz CT molecular complexity index is 485. The lowest BCUT2D eigenvalue weighted by atomic mass is 10.2. The highest BCUT2D eigenvalue weighted by Gasteiger charge is 2.09. The van der Waals surface area contributed by atoms with E-state index in [4.69, 9.17) is 4.74 Å². The molecule has 0 aliphatic rings. The van der Waals surface area contributed by atoms with E-state index in [2.05, 4.69) is 5.32 Å².